The smallest absolute Gasteiger partial charge is 0.231 e. The van der Waals surface area contributed by atoms with Gasteiger partial charge in [-0.15, -0.1) is 0 Å². The lowest BCUT2D eigenvalue weighted by Gasteiger charge is -2.33. The molecular formula is C19H20N4O. The number of nitrogens with zero attached hydrogens (tertiary/aromatic N) is 2. The zero-order valence-electron chi connectivity index (χ0n) is 13.3. The molecule has 122 valence electrons. The van der Waals surface area contributed by atoms with Crippen molar-refractivity contribution in [2.75, 3.05) is 0 Å². The largest absolute Gasteiger partial charge is 0.369 e. The van der Waals surface area contributed by atoms with Gasteiger partial charge < -0.3 is 16.0 Å². The molecule has 0 radical (unpaired) electrons. The summed E-state index contributed by atoms with van der Waals surface area (Å²) >= 11 is 0. The first-order chi connectivity index (χ1) is 11.6. The number of imidazole rings is 1. The van der Waals surface area contributed by atoms with Crippen molar-refractivity contribution in [3.63, 3.8) is 0 Å². The maximum atomic E-state index is 12.2. The monoisotopic (exact) mass is 320 g/mol. The molecule has 1 saturated carbocycles. The maximum Gasteiger partial charge on any atom is 0.231 e. The molecule has 1 heterocycles. The second kappa shape index (κ2) is 5.76. The summed E-state index contributed by atoms with van der Waals surface area (Å²) in [6, 6.07) is 14.6. The topological polar surface area (TPSA) is 86.9 Å². The molecule has 3 aromatic rings. The number of amides is 1. The van der Waals surface area contributed by atoms with E-state index in [9.17, 15) is 4.79 Å². The van der Waals surface area contributed by atoms with Gasteiger partial charge in [-0.3, -0.25) is 4.79 Å². The Hall–Kier alpha value is -2.66. The van der Waals surface area contributed by atoms with Crippen molar-refractivity contribution in [3.05, 3.63) is 66.2 Å². The van der Waals surface area contributed by atoms with Gasteiger partial charge >= 0.3 is 0 Å². The van der Waals surface area contributed by atoms with Crippen molar-refractivity contribution in [1.29, 1.82) is 0 Å². The molecule has 1 unspecified atom stereocenters. The summed E-state index contributed by atoms with van der Waals surface area (Å²) in [5, 5.41) is 2.12. The van der Waals surface area contributed by atoms with E-state index in [1.165, 1.54) is 0 Å². The van der Waals surface area contributed by atoms with Gasteiger partial charge in [0, 0.05) is 18.3 Å². The lowest BCUT2D eigenvalue weighted by Crippen LogP contribution is -2.37. The maximum absolute atomic E-state index is 12.2. The third kappa shape index (κ3) is 2.47. The van der Waals surface area contributed by atoms with Crippen LogP contribution in [-0.2, 0) is 4.79 Å². The molecule has 0 bridgehead atoms. The fraction of sp³-hybridized carbons (Fsp3) is 0.263. The van der Waals surface area contributed by atoms with E-state index in [1.54, 1.807) is 6.33 Å². The Morgan fingerprint density at radius 2 is 1.92 bits per heavy atom. The van der Waals surface area contributed by atoms with Crippen LogP contribution in [0.15, 0.2) is 55.0 Å². The molecule has 1 fully saturated rings. The molecule has 1 aromatic heterocycles. The number of hydrogen-bond acceptors (Lipinski definition) is 3. The fourth-order valence-corrected chi connectivity index (χ4v) is 3.54. The van der Waals surface area contributed by atoms with Crippen molar-refractivity contribution in [2.45, 2.75) is 30.8 Å². The van der Waals surface area contributed by atoms with E-state index in [-0.39, 0.29) is 11.9 Å². The SMILES string of the molecule is NC(=O)C(c1cn(C2CC(N)C2)cn1)c1cccc2ccccc12. The number of nitrogens with two attached hydrogens (primary N) is 2. The van der Waals surface area contributed by atoms with Crippen molar-refractivity contribution in [2.24, 2.45) is 11.5 Å². The number of benzene rings is 2. The van der Waals surface area contributed by atoms with Gasteiger partial charge in [0.15, 0.2) is 0 Å². The Morgan fingerprint density at radius 3 is 2.67 bits per heavy atom. The van der Waals surface area contributed by atoms with E-state index in [4.69, 9.17) is 11.5 Å². The van der Waals surface area contributed by atoms with Crippen LogP contribution in [0.1, 0.15) is 36.1 Å². The highest BCUT2D eigenvalue weighted by molar-refractivity contribution is 5.94. The second-order valence-electron chi connectivity index (χ2n) is 6.53. The molecule has 1 aliphatic rings. The number of carbonyl (C=O) groups is 1. The molecule has 0 aliphatic heterocycles. The van der Waals surface area contributed by atoms with Gasteiger partial charge in [0.25, 0.3) is 0 Å². The van der Waals surface area contributed by atoms with Crippen LogP contribution in [0.5, 0.6) is 0 Å². The molecule has 1 atom stereocenters. The Labute approximate surface area is 140 Å². The Morgan fingerprint density at radius 1 is 1.17 bits per heavy atom. The number of aromatic nitrogens is 2. The predicted molar refractivity (Wildman–Crippen MR) is 93.5 cm³/mol. The normalized spacial score (nSPS) is 21.4. The number of primary amides is 1. The molecule has 2 aromatic carbocycles. The first-order valence-corrected chi connectivity index (χ1v) is 8.19. The molecule has 4 N–H and O–H groups in total. The summed E-state index contributed by atoms with van der Waals surface area (Å²) in [7, 11) is 0. The van der Waals surface area contributed by atoms with E-state index >= 15 is 0 Å². The van der Waals surface area contributed by atoms with Crippen molar-refractivity contribution >= 4 is 16.7 Å². The molecular weight excluding hydrogens is 300 g/mol. The zero-order chi connectivity index (χ0) is 16.7. The molecule has 1 amide bonds. The Kier molecular flexibility index (Phi) is 3.58. The standard InChI is InChI=1S/C19H20N4O/c20-13-8-14(9-13)23-10-17(22-11-23)18(19(21)24)16-7-3-5-12-4-1-2-6-15(12)16/h1-7,10-11,13-14,18H,8-9,20H2,(H2,21,24). The highest BCUT2D eigenvalue weighted by atomic mass is 16.1. The van der Waals surface area contributed by atoms with Crippen LogP contribution in [0.3, 0.4) is 0 Å². The molecule has 1 aliphatic carbocycles. The Balaban J connectivity index is 1.76. The van der Waals surface area contributed by atoms with Crippen LogP contribution in [-0.4, -0.2) is 21.5 Å². The first kappa shape index (κ1) is 14.9. The van der Waals surface area contributed by atoms with Crippen LogP contribution in [0, 0.1) is 0 Å². The van der Waals surface area contributed by atoms with E-state index in [2.05, 4.69) is 9.55 Å². The van der Waals surface area contributed by atoms with Gasteiger partial charge in [0.1, 0.15) is 5.92 Å². The summed E-state index contributed by atoms with van der Waals surface area (Å²) in [6.45, 7) is 0. The number of hydrogen-bond donors (Lipinski definition) is 2. The summed E-state index contributed by atoms with van der Waals surface area (Å²) in [5.41, 5.74) is 13.2. The first-order valence-electron chi connectivity index (χ1n) is 8.19. The third-order valence-corrected chi connectivity index (χ3v) is 4.91. The minimum absolute atomic E-state index is 0.269. The van der Waals surface area contributed by atoms with Gasteiger partial charge in [-0.2, -0.15) is 0 Å². The van der Waals surface area contributed by atoms with Gasteiger partial charge in [-0.1, -0.05) is 42.5 Å². The van der Waals surface area contributed by atoms with Crippen LogP contribution < -0.4 is 11.5 Å². The highest BCUT2D eigenvalue weighted by Crippen LogP contribution is 2.34. The third-order valence-electron chi connectivity index (χ3n) is 4.91. The number of fused-ring (bicyclic) bond motifs is 1. The van der Waals surface area contributed by atoms with Crippen molar-refractivity contribution in [1.82, 2.24) is 9.55 Å². The zero-order valence-corrected chi connectivity index (χ0v) is 13.3. The lowest BCUT2D eigenvalue weighted by molar-refractivity contribution is -0.118. The quantitative estimate of drug-likeness (QED) is 0.773. The van der Waals surface area contributed by atoms with Gasteiger partial charge in [-0.05, 0) is 29.2 Å². The second-order valence-corrected chi connectivity index (χ2v) is 6.53. The molecule has 4 rings (SSSR count). The van der Waals surface area contributed by atoms with Crippen LogP contribution in [0.4, 0.5) is 0 Å². The van der Waals surface area contributed by atoms with E-state index in [1.807, 2.05) is 48.7 Å². The van der Waals surface area contributed by atoms with Gasteiger partial charge in [0.2, 0.25) is 5.91 Å². The number of rotatable bonds is 4. The van der Waals surface area contributed by atoms with Crippen LogP contribution in [0.25, 0.3) is 10.8 Å². The highest BCUT2D eigenvalue weighted by Gasteiger charge is 2.29. The summed E-state index contributed by atoms with van der Waals surface area (Å²) in [5.74, 6) is -0.937. The lowest BCUT2D eigenvalue weighted by atomic mass is 9.87. The molecule has 5 heteroatoms. The predicted octanol–water partition coefficient (Wildman–Crippen LogP) is 2.32. The molecule has 0 saturated heterocycles. The van der Waals surface area contributed by atoms with Gasteiger partial charge in [-0.25, -0.2) is 4.98 Å². The molecule has 0 spiro atoms. The minimum atomic E-state index is -0.550. The van der Waals surface area contributed by atoms with E-state index < -0.39 is 5.92 Å². The average molecular weight is 320 g/mol. The van der Waals surface area contributed by atoms with Gasteiger partial charge in [0.05, 0.1) is 12.0 Å². The fourth-order valence-electron chi connectivity index (χ4n) is 3.54. The summed E-state index contributed by atoms with van der Waals surface area (Å²) < 4.78 is 2.06. The minimum Gasteiger partial charge on any atom is -0.369 e. The van der Waals surface area contributed by atoms with Crippen LogP contribution in [0.2, 0.25) is 0 Å². The van der Waals surface area contributed by atoms with Crippen LogP contribution >= 0.6 is 0 Å². The average Bonchev–Trinajstić information content (AvgIpc) is 3.01. The van der Waals surface area contributed by atoms with Crippen molar-refractivity contribution in [3.8, 4) is 0 Å². The number of carbonyl (C=O) groups excluding carboxylic acids is 1. The Bertz CT molecular complexity index is 890. The van der Waals surface area contributed by atoms with E-state index in [0.717, 1.165) is 29.2 Å². The van der Waals surface area contributed by atoms with E-state index in [0.29, 0.717) is 11.7 Å². The van der Waals surface area contributed by atoms with Crippen molar-refractivity contribution < 1.29 is 4.79 Å². The summed E-state index contributed by atoms with van der Waals surface area (Å²) in [6.07, 6.45) is 5.62. The summed E-state index contributed by atoms with van der Waals surface area (Å²) in [4.78, 5) is 16.7. The molecule has 24 heavy (non-hydrogen) atoms. The molecule has 5 nitrogen and oxygen atoms in total.